The summed E-state index contributed by atoms with van der Waals surface area (Å²) in [6, 6.07) is 7.70. The Morgan fingerprint density at radius 1 is 1.03 bits per heavy atom. The van der Waals surface area contributed by atoms with E-state index in [2.05, 4.69) is 22.0 Å². The molecule has 0 saturated carbocycles. The molecule has 0 radical (unpaired) electrons. The standard InChI is InChI=1S/C24H34ClN5O/c1-2-28-15-17-29(18-16-28)14-6-13-26-24(31)23-21-7-4-3-5-8-22(21)30(27-23)20-11-9-19(25)10-12-20/h9-12H,2-8,13-18H2,1H3,(H,26,31). The molecule has 2 aromatic rings. The third-order valence-electron chi connectivity index (χ3n) is 6.57. The van der Waals surface area contributed by atoms with Crippen LogP contribution in [0.25, 0.3) is 5.69 Å². The Morgan fingerprint density at radius 2 is 1.74 bits per heavy atom. The van der Waals surface area contributed by atoms with Crippen molar-refractivity contribution in [1.29, 1.82) is 0 Å². The number of benzene rings is 1. The van der Waals surface area contributed by atoms with Gasteiger partial charge in [-0.1, -0.05) is 24.9 Å². The topological polar surface area (TPSA) is 53.4 Å². The predicted molar refractivity (Wildman–Crippen MR) is 125 cm³/mol. The molecule has 7 heteroatoms. The highest BCUT2D eigenvalue weighted by atomic mass is 35.5. The molecule has 31 heavy (non-hydrogen) atoms. The molecule has 1 fully saturated rings. The normalized spacial score (nSPS) is 17.9. The van der Waals surface area contributed by atoms with Crippen molar-refractivity contribution in [3.05, 3.63) is 46.2 Å². The fraction of sp³-hybridized carbons (Fsp3) is 0.583. The molecule has 1 saturated heterocycles. The minimum Gasteiger partial charge on any atom is -0.351 e. The second-order valence-corrected chi connectivity index (χ2v) is 9.04. The Morgan fingerprint density at radius 3 is 2.48 bits per heavy atom. The number of piperazine rings is 1. The third kappa shape index (κ3) is 5.48. The van der Waals surface area contributed by atoms with E-state index in [1.807, 2.05) is 28.9 Å². The van der Waals surface area contributed by atoms with Crippen LogP contribution < -0.4 is 5.32 Å². The summed E-state index contributed by atoms with van der Waals surface area (Å²) in [5.41, 5.74) is 3.87. The van der Waals surface area contributed by atoms with Gasteiger partial charge in [0, 0.05) is 49.0 Å². The number of fused-ring (bicyclic) bond motifs is 1. The molecule has 4 rings (SSSR count). The van der Waals surface area contributed by atoms with Crippen LogP contribution in [0, 0.1) is 0 Å². The van der Waals surface area contributed by atoms with E-state index < -0.39 is 0 Å². The van der Waals surface area contributed by atoms with Crippen LogP contribution in [-0.4, -0.2) is 71.3 Å². The lowest BCUT2D eigenvalue weighted by Crippen LogP contribution is -2.46. The Hall–Kier alpha value is -1.89. The first-order chi connectivity index (χ1) is 15.2. The number of carbonyl (C=O) groups excluding carboxylic acids is 1. The van der Waals surface area contributed by atoms with Crippen molar-refractivity contribution in [1.82, 2.24) is 24.9 Å². The number of rotatable bonds is 7. The number of halogens is 1. The first-order valence-electron chi connectivity index (χ1n) is 11.8. The number of hydrogen-bond donors (Lipinski definition) is 1. The van der Waals surface area contributed by atoms with Gasteiger partial charge in [-0.05, 0) is 69.5 Å². The van der Waals surface area contributed by atoms with E-state index in [1.54, 1.807) is 0 Å². The summed E-state index contributed by atoms with van der Waals surface area (Å²) in [5.74, 6) is -0.0401. The van der Waals surface area contributed by atoms with Crippen molar-refractivity contribution in [3.8, 4) is 5.69 Å². The van der Waals surface area contributed by atoms with Gasteiger partial charge in [-0.3, -0.25) is 4.79 Å². The lowest BCUT2D eigenvalue weighted by Gasteiger charge is -2.33. The van der Waals surface area contributed by atoms with Crippen molar-refractivity contribution >= 4 is 17.5 Å². The Bertz CT molecular complexity index is 871. The number of carbonyl (C=O) groups is 1. The van der Waals surface area contributed by atoms with Gasteiger partial charge < -0.3 is 15.1 Å². The van der Waals surface area contributed by atoms with E-state index in [-0.39, 0.29) is 5.91 Å². The maximum atomic E-state index is 13.0. The van der Waals surface area contributed by atoms with Gasteiger partial charge in [-0.25, -0.2) is 4.68 Å². The van der Waals surface area contributed by atoms with E-state index in [4.69, 9.17) is 16.7 Å². The lowest BCUT2D eigenvalue weighted by atomic mass is 10.1. The van der Waals surface area contributed by atoms with Gasteiger partial charge in [0.2, 0.25) is 0 Å². The Balaban J connectivity index is 1.39. The van der Waals surface area contributed by atoms with E-state index in [9.17, 15) is 4.79 Å². The fourth-order valence-electron chi connectivity index (χ4n) is 4.67. The molecule has 0 unspecified atom stereocenters. The van der Waals surface area contributed by atoms with Gasteiger partial charge in [0.05, 0.1) is 5.69 Å². The van der Waals surface area contributed by atoms with Gasteiger partial charge in [-0.2, -0.15) is 5.10 Å². The van der Waals surface area contributed by atoms with Crippen molar-refractivity contribution in [3.63, 3.8) is 0 Å². The minimum absolute atomic E-state index is 0.0401. The third-order valence-corrected chi connectivity index (χ3v) is 6.82. The summed E-state index contributed by atoms with van der Waals surface area (Å²) in [4.78, 5) is 18.0. The van der Waals surface area contributed by atoms with Gasteiger partial charge in [0.15, 0.2) is 5.69 Å². The smallest absolute Gasteiger partial charge is 0.272 e. The molecule has 168 valence electrons. The summed E-state index contributed by atoms with van der Waals surface area (Å²) in [6.07, 6.45) is 6.30. The average molecular weight is 444 g/mol. The first-order valence-corrected chi connectivity index (χ1v) is 12.1. The highest BCUT2D eigenvalue weighted by molar-refractivity contribution is 6.30. The minimum atomic E-state index is -0.0401. The molecule has 1 amide bonds. The van der Waals surface area contributed by atoms with Crippen LogP contribution in [0.4, 0.5) is 0 Å². The van der Waals surface area contributed by atoms with Crippen LogP contribution in [0.1, 0.15) is 54.4 Å². The zero-order valence-corrected chi connectivity index (χ0v) is 19.3. The summed E-state index contributed by atoms with van der Waals surface area (Å²) in [5, 5.41) is 8.60. The van der Waals surface area contributed by atoms with Crippen molar-refractivity contribution in [2.24, 2.45) is 0 Å². The van der Waals surface area contributed by atoms with Crippen LogP contribution in [0.2, 0.25) is 5.02 Å². The maximum Gasteiger partial charge on any atom is 0.272 e. The largest absolute Gasteiger partial charge is 0.351 e. The molecule has 1 aromatic carbocycles. The SMILES string of the molecule is CCN1CCN(CCCNC(=O)c2nn(-c3ccc(Cl)cc3)c3c2CCCCC3)CC1. The molecular formula is C24H34ClN5O. The summed E-state index contributed by atoms with van der Waals surface area (Å²) >= 11 is 6.07. The monoisotopic (exact) mass is 443 g/mol. The van der Waals surface area contributed by atoms with Crippen molar-refractivity contribution in [2.75, 3.05) is 45.8 Å². The number of aromatic nitrogens is 2. The summed E-state index contributed by atoms with van der Waals surface area (Å²) < 4.78 is 1.96. The van der Waals surface area contributed by atoms with Crippen LogP contribution in [-0.2, 0) is 12.8 Å². The fourth-order valence-corrected chi connectivity index (χ4v) is 4.80. The van der Waals surface area contributed by atoms with E-state index in [0.717, 1.165) is 82.6 Å². The molecule has 0 spiro atoms. The number of likely N-dealkylation sites (N-methyl/N-ethyl adjacent to an activating group) is 1. The first kappa shape index (κ1) is 22.3. The Labute approximate surface area is 190 Å². The van der Waals surface area contributed by atoms with Gasteiger partial charge in [-0.15, -0.1) is 0 Å². The van der Waals surface area contributed by atoms with Crippen molar-refractivity contribution in [2.45, 2.75) is 45.4 Å². The zero-order valence-electron chi connectivity index (χ0n) is 18.6. The van der Waals surface area contributed by atoms with Crippen LogP contribution in [0.15, 0.2) is 24.3 Å². The van der Waals surface area contributed by atoms with Crippen LogP contribution in [0.3, 0.4) is 0 Å². The second kappa shape index (κ2) is 10.6. The quantitative estimate of drug-likeness (QED) is 0.525. The van der Waals surface area contributed by atoms with Gasteiger partial charge in [0.25, 0.3) is 5.91 Å². The predicted octanol–water partition coefficient (Wildman–Crippen LogP) is 3.55. The molecular weight excluding hydrogens is 410 g/mol. The van der Waals surface area contributed by atoms with E-state index >= 15 is 0 Å². The lowest BCUT2D eigenvalue weighted by molar-refractivity contribution is 0.0942. The number of nitrogens with one attached hydrogen (secondary N) is 1. The average Bonchev–Trinajstić information content (AvgIpc) is 2.98. The number of nitrogens with zero attached hydrogens (tertiary/aromatic N) is 4. The number of hydrogen-bond acceptors (Lipinski definition) is 4. The van der Waals surface area contributed by atoms with Gasteiger partial charge >= 0.3 is 0 Å². The molecule has 6 nitrogen and oxygen atoms in total. The van der Waals surface area contributed by atoms with Crippen molar-refractivity contribution < 1.29 is 4.79 Å². The highest BCUT2D eigenvalue weighted by Crippen LogP contribution is 2.27. The van der Waals surface area contributed by atoms with Gasteiger partial charge in [0.1, 0.15) is 0 Å². The molecule has 0 bridgehead atoms. The molecule has 2 aliphatic rings. The maximum absolute atomic E-state index is 13.0. The molecule has 1 aliphatic carbocycles. The zero-order chi connectivity index (χ0) is 21.6. The molecule has 1 aliphatic heterocycles. The Kier molecular flexibility index (Phi) is 7.64. The van der Waals surface area contributed by atoms with E-state index in [1.165, 1.54) is 12.1 Å². The molecule has 0 atom stereocenters. The summed E-state index contributed by atoms with van der Waals surface area (Å²) in [7, 11) is 0. The molecule has 1 aromatic heterocycles. The van der Waals surface area contributed by atoms with Crippen LogP contribution in [0.5, 0.6) is 0 Å². The van der Waals surface area contributed by atoms with E-state index in [0.29, 0.717) is 17.3 Å². The number of amides is 1. The second-order valence-electron chi connectivity index (χ2n) is 8.61. The van der Waals surface area contributed by atoms with Crippen LogP contribution >= 0.6 is 11.6 Å². The molecule has 2 heterocycles. The summed E-state index contributed by atoms with van der Waals surface area (Å²) in [6.45, 7) is 9.64. The highest BCUT2D eigenvalue weighted by Gasteiger charge is 2.24. The molecule has 1 N–H and O–H groups in total.